The number of rotatable bonds is 6. The Hall–Kier alpha value is -3.03. The Balaban J connectivity index is 1.39. The smallest absolute Gasteiger partial charge is 0.338 e. The number of carbonyl (C=O) groups excluding carboxylic acids is 1. The van der Waals surface area contributed by atoms with Gasteiger partial charge in [-0.1, -0.05) is 6.07 Å². The summed E-state index contributed by atoms with van der Waals surface area (Å²) >= 11 is 0. The highest BCUT2D eigenvalue weighted by Crippen LogP contribution is 2.28. The summed E-state index contributed by atoms with van der Waals surface area (Å²) in [5.41, 5.74) is 7.11. The van der Waals surface area contributed by atoms with Gasteiger partial charge in [-0.3, -0.25) is 4.98 Å². The molecule has 1 aliphatic heterocycles. The molecular weight excluding hydrogens is 368 g/mol. The molecule has 7 heteroatoms. The maximum Gasteiger partial charge on any atom is 0.338 e. The van der Waals surface area contributed by atoms with Gasteiger partial charge in [0, 0.05) is 41.8 Å². The quantitative estimate of drug-likeness (QED) is 0.627. The average Bonchev–Trinajstić information content (AvgIpc) is 3.29. The summed E-state index contributed by atoms with van der Waals surface area (Å²) in [5.74, 6) is -0.293. The number of hydrogen-bond acceptors (Lipinski definition) is 6. The van der Waals surface area contributed by atoms with Crippen LogP contribution in [0.3, 0.4) is 0 Å². The zero-order chi connectivity index (χ0) is 20.5. The lowest BCUT2D eigenvalue weighted by atomic mass is 9.95. The molecule has 0 saturated carbocycles. The van der Waals surface area contributed by atoms with E-state index in [0.29, 0.717) is 18.7 Å². The first-order valence-electron chi connectivity index (χ1n) is 9.60. The number of nitrogens with zero attached hydrogens (tertiary/aromatic N) is 3. The fraction of sp³-hybridized carbons (Fsp3) is 0.318. The summed E-state index contributed by atoms with van der Waals surface area (Å²) in [4.78, 5) is 16.1. The highest BCUT2D eigenvalue weighted by Gasteiger charge is 2.25. The highest BCUT2D eigenvalue weighted by molar-refractivity contribution is 5.93. The van der Waals surface area contributed by atoms with Gasteiger partial charge in [0.1, 0.15) is 6.61 Å². The predicted molar refractivity (Wildman–Crippen MR) is 108 cm³/mol. The lowest BCUT2D eigenvalue weighted by molar-refractivity contribution is 0.0535. The van der Waals surface area contributed by atoms with Gasteiger partial charge >= 0.3 is 5.97 Å². The van der Waals surface area contributed by atoms with E-state index in [1.807, 2.05) is 50.0 Å². The van der Waals surface area contributed by atoms with Gasteiger partial charge in [0.2, 0.25) is 0 Å². The van der Waals surface area contributed by atoms with Crippen molar-refractivity contribution in [2.75, 3.05) is 6.54 Å². The van der Waals surface area contributed by atoms with Crippen molar-refractivity contribution in [3.05, 3.63) is 75.9 Å². The van der Waals surface area contributed by atoms with Crippen molar-refractivity contribution >= 4 is 5.97 Å². The number of esters is 1. The molecule has 0 radical (unpaired) electrons. The second-order valence-electron chi connectivity index (χ2n) is 7.43. The van der Waals surface area contributed by atoms with E-state index >= 15 is 0 Å². The van der Waals surface area contributed by atoms with E-state index in [1.165, 1.54) is 0 Å². The van der Waals surface area contributed by atoms with Crippen LogP contribution >= 0.6 is 0 Å². The van der Waals surface area contributed by atoms with E-state index in [2.05, 4.69) is 15.4 Å². The van der Waals surface area contributed by atoms with Gasteiger partial charge in [-0.15, -0.1) is 0 Å². The third-order valence-electron chi connectivity index (χ3n) is 5.20. The van der Waals surface area contributed by atoms with Gasteiger partial charge in [0.05, 0.1) is 23.6 Å². The normalized spacial score (nSPS) is 14.0. The van der Waals surface area contributed by atoms with E-state index in [1.54, 1.807) is 12.1 Å². The Kier molecular flexibility index (Phi) is 5.17. The van der Waals surface area contributed by atoms with E-state index in [4.69, 9.17) is 4.74 Å². The zero-order valence-corrected chi connectivity index (χ0v) is 16.8. The number of benzene rings is 1. The number of aryl methyl sites for hydroxylation is 2. The van der Waals surface area contributed by atoms with Gasteiger partial charge in [-0.05, 0) is 50.1 Å². The van der Waals surface area contributed by atoms with E-state index < -0.39 is 6.10 Å². The maximum absolute atomic E-state index is 11.7. The number of fused-ring (bicyclic) bond motifs is 1. The fourth-order valence-corrected chi connectivity index (χ4v) is 3.73. The lowest BCUT2D eigenvalue weighted by Crippen LogP contribution is -2.21. The van der Waals surface area contributed by atoms with Crippen LogP contribution in [0.15, 0.2) is 36.7 Å². The Morgan fingerprint density at radius 3 is 2.76 bits per heavy atom. The fourth-order valence-electron chi connectivity index (χ4n) is 3.73. The van der Waals surface area contributed by atoms with Gasteiger partial charge < -0.3 is 15.2 Å². The van der Waals surface area contributed by atoms with Crippen LogP contribution in [0.5, 0.6) is 0 Å². The molecule has 0 bridgehead atoms. The van der Waals surface area contributed by atoms with Gasteiger partial charge in [-0.2, -0.15) is 5.10 Å². The zero-order valence-electron chi connectivity index (χ0n) is 16.8. The second-order valence-corrected chi connectivity index (χ2v) is 7.43. The van der Waals surface area contributed by atoms with Crippen molar-refractivity contribution in [2.45, 2.75) is 40.0 Å². The molecule has 0 amide bonds. The minimum absolute atomic E-state index is 0.279. The first-order valence-corrected chi connectivity index (χ1v) is 9.60. The molecule has 2 N–H and O–H groups in total. The summed E-state index contributed by atoms with van der Waals surface area (Å²) in [5, 5.41) is 18.3. The van der Waals surface area contributed by atoms with Crippen molar-refractivity contribution in [1.82, 2.24) is 20.1 Å². The van der Waals surface area contributed by atoms with Crippen LogP contribution in [0.4, 0.5) is 0 Å². The molecule has 7 nitrogen and oxygen atoms in total. The van der Waals surface area contributed by atoms with Gasteiger partial charge in [0.15, 0.2) is 0 Å². The number of pyridine rings is 1. The van der Waals surface area contributed by atoms with Crippen LogP contribution in [0.1, 0.15) is 50.1 Å². The molecule has 0 aliphatic carbocycles. The topological polar surface area (TPSA) is 89.3 Å². The second kappa shape index (κ2) is 7.77. The predicted octanol–water partition coefficient (Wildman–Crippen LogP) is 2.69. The third-order valence-corrected chi connectivity index (χ3v) is 5.20. The molecule has 0 fully saturated rings. The van der Waals surface area contributed by atoms with Crippen molar-refractivity contribution in [1.29, 1.82) is 0 Å². The molecule has 1 aliphatic rings. The van der Waals surface area contributed by atoms with Gasteiger partial charge in [0.25, 0.3) is 0 Å². The number of aromatic nitrogens is 3. The molecular formula is C22H24N4O3. The number of nitrogens with one attached hydrogen (secondary N) is 1. The summed E-state index contributed by atoms with van der Waals surface area (Å²) in [6.45, 7) is 7.11. The largest absolute Gasteiger partial charge is 0.457 e. The van der Waals surface area contributed by atoms with Crippen molar-refractivity contribution in [2.24, 2.45) is 0 Å². The summed E-state index contributed by atoms with van der Waals surface area (Å²) in [7, 11) is 0. The molecule has 0 spiro atoms. The lowest BCUT2D eigenvalue weighted by Gasteiger charge is -2.16. The Labute approximate surface area is 169 Å². The SMILES string of the molecule is Cc1cc(-n2cc(CNC[C@H](O)c3ccc4c(c3C)COC4=O)cn2)cc(C)n1. The monoisotopic (exact) mass is 392 g/mol. The Morgan fingerprint density at radius 2 is 2.00 bits per heavy atom. The van der Waals surface area contributed by atoms with Crippen LogP contribution in [-0.4, -0.2) is 32.4 Å². The molecule has 0 unspecified atom stereocenters. The molecule has 29 heavy (non-hydrogen) atoms. The highest BCUT2D eigenvalue weighted by atomic mass is 16.5. The number of carbonyl (C=O) groups is 1. The molecule has 2 aromatic heterocycles. The molecule has 3 aromatic rings. The number of cyclic esters (lactones) is 1. The number of hydrogen-bond donors (Lipinski definition) is 2. The molecule has 1 atom stereocenters. The number of aliphatic hydroxyl groups is 1. The maximum atomic E-state index is 11.7. The first-order chi connectivity index (χ1) is 13.9. The average molecular weight is 392 g/mol. The Bertz CT molecular complexity index is 1050. The van der Waals surface area contributed by atoms with Crippen molar-refractivity contribution in [3.63, 3.8) is 0 Å². The van der Waals surface area contributed by atoms with E-state index in [9.17, 15) is 9.90 Å². The van der Waals surface area contributed by atoms with Crippen LogP contribution in [0, 0.1) is 20.8 Å². The number of ether oxygens (including phenoxy) is 1. The third kappa shape index (κ3) is 3.92. The van der Waals surface area contributed by atoms with Gasteiger partial charge in [-0.25, -0.2) is 9.48 Å². The van der Waals surface area contributed by atoms with E-state index in [0.717, 1.165) is 39.3 Å². The summed E-state index contributed by atoms with van der Waals surface area (Å²) in [6.07, 6.45) is 3.11. The van der Waals surface area contributed by atoms with Crippen LogP contribution in [0.2, 0.25) is 0 Å². The Morgan fingerprint density at radius 1 is 1.24 bits per heavy atom. The van der Waals surface area contributed by atoms with E-state index in [-0.39, 0.29) is 12.6 Å². The number of aliphatic hydroxyl groups excluding tert-OH is 1. The van der Waals surface area contributed by atoms with Crippen molar-refractivity contribution < 1.29 is 14.6 Å². The summed E-state index contributed by atoms with van der Waals surface area (Å²) in [6, 6.07) is 7.52. The molecule has 150 valence electrons. The molecule has 3 heterocycles. The minimum atomic E-state index is -0.670. The van der Waals surface area contributed by atoms with Crippen LogP contribution < -0.4 is 5.32 Å². The first kappa shape index (κ1) is 19.3. The van der Waals surface area contributed by atoms with Crippen molar-refractivity contribution in [3.8, 4) is 5.69 Å². The molecule has 0 saturated heterocycles. The standard InChI is InChI=1S/C22H24N4O3/c1-13-6-17(7-14(2)25-13)26-11-16(9-24-26)8-23-10-21(27)18-4-5-19-20(15(18)3)12-29-22(19)28/h4-7,9,11,21,23,27H,8,10,12H2,1-3H3/t21-/m0/s1. The molecule has 4 rings (SSSR count). The van der Waals surface area contributed by atoms with Crippen LogP contribution in [0.25, 0.3) is 5.69 Å². The van der Waals surface area contributed by atoms with Crippen LogP contribution in [-0.2, 0) is 17.9 Å². The minimum Gasteiger partial charge on any atom is -0.457 e. The summed E-state index contributed by atoms with van der Waals surface area (Å²) < 4.78 is 6.91. The molecule has 1 aromatic carbocycles.